The van der Waals surface area contributed by atoms with Crippen LogP contribution < -0.4 is 4.52 Å². The first-order chi connectivity index (χ1) is 6.01. The predicted molar refractivity (Wildman–Crippen MR) is 47.0 cm³/mol. The Kier molecular flexibility index (Phi) is 2.74. The van der Waals surface area contributed by atoms with E-state index in [1.54, 1.807) is 0 Å². The number of benzene rings is 1. The fourth-order valence-corrected chi connectivity index (χ4v) is 1.15. The van der Waals surface area contributed by atoms with Gasteiger partial charge in [0.1, 0.15) is 5.75 Å². The first-order valence-corrected chi connectivity index (χ1v) is 4.86. The van der Waals surface area contributed by atoms with Gasteiger partial charge in [-0.2, -0.15) is 0 Å². The topological polar surface area (TPSA) is 66.8 Å². The second kappa shape index (κ2) is 3.63. The maximum Gasteiger partial charge on any atom is 0.524 e. The summed E-state index contributed by atoms with van der Waals surface area (Å²) in [5.41, 5.74) is 0.623. The van der Waals surface area contributed by atoms with E-state index in [1.165, 1.54) is 24.3 Å². The SMILES string of the molecule is C#Cc1ccc(OP(=O)(O)O)cc1. The zero-order valence-electron chi connectivity index (χ0n) is 6.54. The molecule has 13 heavy (non-hydrogen) atoms. The summed E-state index contributed by atoms with van der Waals surface area (Å²) in [5.74, 6) is 2.46. The molecular formula is C8H7O4P. The Bertz CT molecular complexity index is 370. The van der Waals surface area contributed by atoms with Crippen molar-refractivity contribution in [3.63, 3.8) is 0 Å². The summed E-state index contributed by atoms with van der Waals surface area (Å²) in [6.45, 7) is 0. The molecule has 0 spiro atoms. The smallest absolute Gasteiger partial charge is 0.404 e. The Morgan fingerprint density at radius 3 is 2.23 bits per heavy atom. The molecule has 2 N–H and O–H groups in total. The molecule has 68 valence electrons. The summed E-state index contributed by atoms with van der Waals surface area (Å²) in [4.78, 5) is 16.9. The van der Waals surface area contributed by atoms with Crippen LogP contribution in [-0.4, -0.2) is 9.79 Å². The molecule has 0 unspecified atom stereocenters. The van der Waals surface area contributed by atoms with Crippen molar-refractivity contribution in [3.8, 4) is 18.1 Å². The van der Waals surface area contributed by atoms with Crippen molar-refractivity contribution in [1.82, 2.24) is 0 Å². The van der Waals surface area contributed by atoms with Crippen LogP contribution in [-0.2, 0) is 4.57 Å². The van der Waals surface area contributed by atoms with Crippen LogP contribution in [0, 0.1) is 12.3 Å². The second-order valence-electron chi connectivity index (χ2n) is 2.25. The Labute approximate surface area is 75.4 Å². The third-order valence-electron chi connectivity index (χ3n) is 1.25. The van der Waals surface area contributed by atoms with Gasteiger partial charge < -0.3 is 4.52 Å². The highest BCUT2D eigenvalue weighted by Gasteiger charge is 2.15. The Balaban J connectivity index is 2.83. The van der Waals surface area contributed by atoms with Crippen molar-refractivity contribution in [2.75, 3.05) is 0 Å². The van der Waals surface area contributed by atoms with Gasteiger partial charge in [0.15, 0.2) is 0 Å². The lowest BCUT2D eigenvalue weighted by atomic mass is 10.2. The normalized spacial score (nSPS) is 10.5. The van der Waals surface area contributed by atoms with E-state index in [0.717, 1.165) is 0 Å². The Morgan fingerprint density at radius 1 is 1.31 bits per heavy atom. The van der Waals surface area contributed by atoms with Crippen molar-refractivity contribution in [2.24, 2.45) is 0 Å². The molecule has 0 aliphatic heterocycles. The number of hydrogen-bond donors (Lipinski definition) is 2. The van der Waals surface area contributed by atoms with Gasteiger partial charge in [0.05, 0.1) is 0 Å². The lowest BCUT2D eigenvalue weighted by Crippen LogP contribution is -1.89. The number of terminal acetylenes is 1. The lowest BCUT2D eigenvalue weighted by Gasteiger charge is -2.05. The molecule has 0 heterocycles. The molecule has 4 nitrogen and oxygen atoms in total. The first kappa shape index (κ1) is 9.82. The highest BCUT2D eigenvalue weighted by Crippen LogP contribution is 2.37. The summed E-state index contributed by atoms with van der Waals surface area (Å²) < 4.78 is 14.7. The van der Waals surface area contributed by atoms with E-state index in [2.05, 4.69) is 10.4 Å². The van der Waals surface area contributed by atoms with Crippen molar-refractivity contribution >= 4 is 7.82 Å². The van der Waals surface area contributed by atoms with Crippen molar-refractivity contribution in [3.05, 3.63) is 29.8 Å². The number of phosphoric ester groups is 1. The maximum absolute atomic E-state index is 10.4. The van der Waals surface area contributed by atoms with Crippen LogP contribution in [0.5, 0.6) is 5.75 Å². The third kappa shape index (κ3) is 3.30. The van der Waals surface area contributed by atoms with Gasteiger partial charge in [-0.3, -0.25) is 9.79 Å². The molecule has 0 fully saturated rings. The molecule has 0 bridgehead atoms. The number of phosphoric acid groups is 1. The van der Waals surface area contributed by atoms with Crippen molar-refractivity contribution < 1.29 is 18.9 Å². The van der Waals surface area contributed by atoms with Crippen LogP contribution in [0.1, 0.15) is 5.56 Å². The van der Waals surface area contributed by atoms with Gasteiger partial charge in [-0.15, -0.1) is 6.42 Å². The van der Waals surface area contributed by atoms with Gasteiger partial charge in [-0.1, -0.05) is 5.92 Å². The van der Waals surface area contributed by atoms with E-state index in [-0.39, 0.29) is 5.75 Å². The highest BCUT2D eigenvalue weighted by atomic mass is 31.2. The first-order valence-electron chi connectivity index (χ1n) is 3.33. The van der Waals surface area contributed by atoms with Gasteiger partial charge in [0, 0.05) is 5.56 Å². The predicted octanol–water partition coefficient (Wildman–Crippen LogP) is 1.14. The van der Waals surface area contributed by atoms with Gasteiger partial charge in [-0.05, 0) is 24.3 Å². The molecule has 0 radical (unpaired) electrons. The van der Waals surface area contributed by atoms with Gasteiger partial charge in [0.2, 0.25) is 0 Å². The van der Waals surface area contributed by atoms with E-state index in [1.807, 2.05) is 0 Å². The van der Waals surface area contributed by atoms with Crippen LogP contribution in [0.2, 0.25) is 0 Å². The van der Waals surface area contributed by atoms with E-state index in [4.69, 9.17) is 16.2 Å². The average Bonchev–Trinajstić information content (AvgIpc) is 2.03. The molecule has 1 aromatic rings. The minimum absolute atomic E-state index is 0.0901. The fraction of sp³-hybridized carbons (Fsp3) is 0. The van der Waals surface area contributed by atoms with Crippen molar-refractivity contribution in [2.45, 2.75) is 0 Å². The summed E-state index contributed by atoms with van der Waals surface area (Å²) in [6.07, 6.45) is 5.08. The molecule has 0 aromatic heterocycles. The summed E-state index contributed by atoms with van der Waals surface area (Å²) in [6, 6.07) is 5.86. The molecule has 1 aromatic carbocycles. The van der Waals surface area contributed by atoms with E-state index < -0.39 is 7.82 Å². The zero-order chi connectivity index (χ0) is 9.90. The summed E-state index contributed by atoms with van der Waals surface area (Å²) >= 11 is 0. The van der Waals surface area contributed by atoms with E-state index in [9.17, 15) is 4.57 Å². The van der Waals surface area contributed by atoms with Crippen LogP contribution in [0.4, 0.5) is 0 Å². The lowest BCUT2D eigenvalue weighted by molar-refractivity contribution is 0.283. The van der Waals surface area contributed by atoms with Crippen molar-refractivity contribution in [1.29, 1.82) is 0 Å². The molecular weight excluding hydrogens is 191 g/mol. The van der Waals surface area contributed by atoms with Crippen LogP contribution >= 0.6 is 7.82 Å². The Morgan fingerprint density at radius 2 is 1.85 bits per heavy atom. The molecule has 0 aliphatic rings. The molecule has 0 aliphatic carbocycles. The van der Waals surface area contributed by atoms with E-state index in [0.29, 0.717) is 5.56 Å². The largest absolute Gasteiger partial charge is 0.524 e. The van der Waals surface area contributed by atoms with Gasteiger partial charge >= 0.3 is 7.82 Å². The second-order valence-corrected chi connectivity index (χ2v) is 3.41. The summed E-state index contributed by atoms with van der Waals surface area (Å²) in [5, 5.41) is 0. The number of hydrogen-bond acceptors (Lipinski definition) is 2. The highest BCUT2D eigenvalue weighted by molar-refractivity contribution is 7.46. The number of rotatable bonds is 2. The third-order valence-corrected chi connectivity index (χ3v) is 1.69. The monoisotopic (exact) mass is 198 g/mol. The average molecular weight is 198 g/mol. The zero-order valence-corrected chi connectivity index (χ0v) is 7.44. The van der Waals surface area contributed by atoms with Gasteiger partial charge in [0.25, 0.3) is 0 Å². The van der Waals surface area contributed by atoms with Crippen LogP contribution in [0.15, 0.2) is 24.3 Å². The molecule has 0 saturated heterocycles. The minimum atomic E-state index is -4.46. The fourth-order valence-electron chi connectivity index (χ4n) is 0.749. The molecule has 1 rings (SSSR count). The minimum Gasteiger partial charge on any atom is -0.404 e. The molecule has 0 amide bonds. The molecule has 0 atom stereocenters. The Hall–Kier alpha value is -1.27. The van der Waals surface area contributed by atoms with E-state index >= 15 is 0 Å². The standard InChI is InChI=1S/C8H7O4P/c1-2-7-3-5-8(6-4-7)12-13(9,10)11/h1,3-6H,(H2,9,10,11). The quantitative estimate of drug-likeness (QED) is 0.552. The van der Waals surface area contributed by atoms with Crippen LogP contribution in [0.3, 0.4) is 0 Å². The maximum atomic E-state index is 10.4. The molecule has 0 saturated carbocycles. The summed E-state index contributed by atoms with van der Waals surface area (Å²) in [7, 11) is -4.46. The van der Waals surface area contributed by atoms with Crippen LogP contribution in [0.25, 0.3) is 0 Å². The van der Waals surface area contributed by atoms with Gasteiger partial charge in [-0.25, -0.2) is 4.57 Å². The molecule has 5 heteroatoms.